The minimum absolute atomic E-state index is 0.0662. The lowest BCUT2D eigenvalue weighted by Gasteiger charge is -2.09. The summed E-state index contributed by atoms with van der Waals surface area (Å²) in [6, 6.07) is 6.44. The third-order valence-electron chi connectivity index (χ3n) is 2.67. The molecule has 2 heterocycles. The van der Waals surface area contributed by atoms with E-state index in [0.717, 1.165) is 4.47 Å². The van der Waals surface area contributed by atoms with Crippen LogP contribution in [0.25, 0.3) is 5.52 Å². The Balaban J connectivity index is 2.09. The molecule has 0 saturated carbocycles. The van der Waals surface area contributed by atoms with Gasteiger partial charge in [0.1, 0.15) is 16.8 Å². The number of aromatic carboxylic acids is 1. The van der Waals surface area contributed by atoms with Crippen molar-refractivity contribution in [1.82, 2.24) is 14.6 Å². The van der Waals surface area contributed by atoms with Crippen LogP contribution < -0.4 is 4.74 Å². The van der Waals surface area contributed by atoms with Crippen molar-refractivity contribution in [3.8, 4) is 11.6 Å². The van der Waals surface area contributed by atoms with Crippen LogP contribution in [0.5, 0.6) is 11.6 Å². The molecule has 0 amide bonds. The van der Waals surface area contributed by atoms with Crippen molar-refractivity contribution in [2.45, 2.75) is 0 Å². The van der Waals surface area contributed by atoms with Crippen molar-refractivity contribution in [2.24, 2.45) is 0 Å². The second kappa shape index (κ2) is 4.93. The Morgan fingerprint density at radius 1 is 1.30 bits per heavy atom. The zero-order valence-electron chi connectivity index (χ0n) is 10.0. The fourth-order valence-corrected chi connectivity index (χ4v) is 2.11. The maximum Gasteiger partial charge on any atom is 0.339 e. The van der Waals surface area contributed by atoms with Crippen LogP contribution in [-0.4, -0.2) is 25.7 Å². The molecule has 20 heavy (non-hydrogen) atoms. The van der Waals surface area contributed by atoms with Crippen LogP contribution in [0.3, 0.4) is 0 Å². The van der Waals surface area contributed by atoms with E-state index in [2.05, 4.69) is 26.0 Å². The van der Waals surface area contributed by atoms with E-state index in [1.807, 2.05) is 0 Å². The molecule has 0 atom stereocenters. The Bertz CT molecular complexity index is 800. The molecule has 3 aromatic rings. The van der Waals surface area contributed by atoms with Gasteiger partial charge in [-0.25, -0.2) is 14.3 Å². The van der Waals surface area contributed by atoms with Gasteiger partial charge in [-0.3, -0.25) is 0 Å². The van der Waals surface area contributed by atoms with Crippen molar-refractivity contribution >= 4 is 27.4 Å². The molecule has 0 bridgehead atoms. The van der Waals surface area contributed by atoms with E-state index in [-0.39, 0.29) is 11.3 Å². The molecule has 0 fully saturated rings. The fourth-order valence-electron chi connectivity index (χ4n) is 1.77. The average Bonchev–Trinajstić information content (AvgIpc) is 2.88. The number of rotatable bonds is 3. The van der Waals surface area contributed by atoms with Gasteiger partial charge in [-0.05, 0) is 24.3 Å². The molecule has 0 aliphatic rings. The Labute approximate surface area is 121 Å². The number of benzene rings is 1. The number of ether oxygens (including phenoxy) is 1. The first kappa shape index (κ1) is 12.6. The Morgan fingerprint density at radius 2 is 2.15 bits per heavy atom. The molecule has 0 spiro atoms. The highest BCUT2D eigenvalue weighted by Crippen LogP contribution is 2.29. The smallest absolute Gasteiger partial charge is 0.339 e. The van der Waals surface area contributed by atoms with Crippen LogP contribution in [0.4, 0.5) is 0 Å². The van der Waals surface area contributed by atoms with Crippen LogP contribution in [0.2, 0.25) is 0 Å². The van der Waals surface area contributed by atoms with Gasteiger partial charge in [-0.15, -0.1) is 0 Å². The zero-order chi connectivity index (χ0) is 14.1. The van der Waals surface area contributed by atoms with E-state index in [4.69, 9.17) is 4.74 Å². The third kappa shape index (κ3) is 2.23. The van der Waals surface area contributed by atoms with Gasteiger partial charge in [-0.1, -0.05) is 15.9 Å². The number of hydrogen-bond donors (Lipinski definition) is 1. The summed E-state index contributed by atoms with van der Waals surface area (Å²) in [5.74, 6) is -0.549. The Morgan fingerprint density at radius 3 is 2.95 bits per heavy atom. The Hall–Kier alpha value is -2.41. The van der Waals surface area contributed by atoms with Gasteiger partial charge < -0.3 is 9.84 Å². The van der Waals surface area contributed by atoms with Gasteiger partial charge >= 0.3 is 5.97 Å². The maximum absolute atomic E-state index is 11.2. The topological polar surface area (TPSA) is 76.7 Å². The number of hydrogen-bond acceptors (Lipinski definition) is 4. The Kier molecular flexibility index (Phi) is 3.11. The number of halogens is 1. The monoisotopic (exact) mass is 333 g/mol. The first-order valence-electron chi connectivity index (χ1n) is 5.64. The number of carbonyl (C=O) groups is 1. The number of nitrogens with zero attached hydrogens (tertiary/aromatic N) is 3. The van der Waals surface area contributed by atoms with Gasteiger partial charge in [0.2, 0.25) is 5.88 Å². The van der Waals surface area contributed by atoms with E-state index in [1.54, 1.807) is 35.1 Å². The molecule has 0 aliphatic carbocycles. The van der Waals surface area contributed by atoms with E-state index >= 15 is 0 Å². The summed E-state index contributed by atoms with van der Waals surface area (Å²) in [6.07, 6.45) is 4.83. The molecule has 3 rings (SSSR count). The van der Waals surface area contributed by atoms with Crippen LogP contribution in [0.1, 0.15) is 10.4 Å². The first-order chi connectivity index (χ1) is 9.65. The normalized spacial score (nSPS) is 10.7. The van der Waals surface area contributed by atoms with Crippen LogP contribution in [-0.2, 0) is 0 Å². The summed E-state index contributed by atoms with van der Waals surface area (Å²) in [7, 11) is 0. The summed E-state index contributed by atoms with van der Waals surface area (Å²) in [6.45, 7) is 0. The predicted octanol–water partition coefficient (Wildman–Crippen LogP) is 2.98. The lowest BCUT2D eigenvalue weighted by molar-refractivity contribution is 0.0694. The number of carboxylic acids is 1. The first-order valence-corrected chi connectivity index (χ1v) is 6.43. The standard InChI is InChI=1S/C13H8BrN3O3/c14-8-1-2-9(13(18)19)11(7-8)20-12-10-3-4-16-17(10)6-5-15-12/h1-7H,(H,18,19). The molecule has 1 N–H and O–H groups in total. The van der Waals surface area contributed by atoms with Crippen LogP contribution >= 0.6 is 15.9 Å². The second-order valence-electron chi connectivity index (χ2n) is 3.94. The van der Waals surface area contributed by atoms with E-state index < -0.39 is 5.97 Å². The molecule has 0 aliphatic heterocycles. The summed E-state index contributed by atoms with van der Waals surface area (Å²) in [5.41, 5.74) is 0.723. The average molecular weight is 334 g/mol. The summed E-state index contributed by atoms with van der Waals surface area (Å²) < 4.78 is 7.96. The van der Waals surface area contributed by atoms with Gasteiger partial charge in [0.25, 0.3) is 0 Å². The van der Waals surface area contributed by atoms with Gasteiger partial charge in [0, 0.05) is 16.9 Å². The van der Waals surface area contributed by atoms with Gasteiger partial charge in [-0.2, -0.15) is 5.10 Å². The molecule has 2 aromatic heterocycles. The van der Waals surface area contributed by atoms with Crippen molar-refractivity contribution in [1.29, 1.82) is 0 Å². The van der Waals surface area contributed by atoms with E-state index in [0.29, 0.717) is 11.4 Å². The van der Waals surface area contributed by atoms with E-state index in [1.165, 1.54) is 12.3 Å². The van der Waals surface area contributed by atoms with Crippen LogP contribution in [0, 0.1) is 0 Å². The minimum Gasteiger partial charge on any atom is -0.478 e. The van der Waals surface area contributed by atoms with Crippen LogP contribution in [0.15, 0.2) is 47.3 Å². The zero-order valence-corrected chi connectivity index (χ0v) is 11.6. The number of aromatic nitrogens is 3. The highest BCUT2D eigenvalue weighted by molar-refractivity contribution is 9.10. The van der Waals surface area contributed by atoms with Crippen molar-refractivity contribution in [3.63, 3.8) is 0 Å². The molecule has 6 nitrogen and oxygen atoms in total. The van der Waals surface area contributed by atoms with Crippen molar-refractivity contribution in [2.75, 3.05) is 0 Å². The highest BCUT2D eigenvalue weighted by atomic mass is 79.9. The molecule has 100 valence electrons. The predicted molar refractivity (Wildman–Crippen MR) is 74.2 cm³/mol. The molecule has 1 aromatic carbocycles. The van der Waals surface area contributed by atoms with E-state index in [9.17, 15) is 9.90 Å². The summed E-state index contributed by atoms with van der Waals surface area (Å²) in [5, 5.41) is 13.2. The number of fused-ring (bicyclic) bond motifs is 1. The SMILES string of the molecule is O=C(O)c1ccc(Br)cc1Oc1nccn2nccc12. The lowest BCUT2D eigenvalue weighted by Crippen LogP contribution is -2.01. The minimum atomic E-state index is -1.06. The van der Waals surface area contributed by atoms with Crippen molar-refractivity contribution < 1.29 is 14.6 Å². The molecular formula is C13H8BrN3O3. The highest BCUT2D eigenvalue weighted by Gasteiger charge is 2.14. The summed E-state index contributed by atoms with van der Waals surface area (Å²) in [4.78, 5) is 15.3. The molecule has 0 unspecified atom stereocenters. The quantitative estimate of drug-likeness (QED) is 0.797. The molecular weight excluding hydrogens is 326 g/mol. The second-order valence-corrected chi connectivity index (χ2v) is 4.86. The lowest BCUT2D eigenvalue weighted by atomic mass is 10.2. The van der Waals surface area contributed by atoms with Crippen molar-refractivity contribution in [3.05, 3.63) is 52.9 Å². The fraction of sp³-hybridized carbons (Fsp3) is 0. The van der Waals surface area contributed by atoms with Gasteiger partial charge in [0.15, 0.2) is 0 Å². The molecule has 7 heteroatoms. The largest absolute Gasteiger partial charge is 0.478 e. The maximum atomic E-state index is 11.2. The number of carboxylic acid groups (broad SMARTS) is 1. The third-order valence-corrected chi connectivity index (χ3v) is 3.16. The summed E-state index contributed by atoms with van der Waals surface area (Å²) >= 11 is 3.29. The molecule has 0 radical (unpaired) electrons. The van der Waals surface area contributed by atoms with Gasteiger partial charge in [0.05, 0.1) is 6.20 Å². The molecule has 0 saturated heterocycles.